The third-order valence-electron chi connectivity index (χ3n) is 6.73. The first-order valence-electron chi connectivity index (χ1n) is 10.8. The summed E-state index contributed by atoms with van der Waals surface area (Å²) in [7, 11) is -3.81. The van der Waals surface area contributed by atoms with Crippen LogP contribution in [0.3, 0.4) is 0 Å². The molecule has 1 aliphatic carbocycles. The van der Waals surface area contributed by atoms with E-state index in [1.807, 2.05) is 6.07 Å². The van der Waals surface area contributed by atoms with E-state index < -0.39 is 26.2 Å². The van der Waals surface area contributed by atoms with Crippen LogP contribution >= 0.6 is 11.6 Å². The highest BCUT2D eigenvalue weighted by molar-refractivity contribution is 7.92. The number of hydrogen-bond acceptors (Lipinski definition) is 4. The van der Waals surface area contributed by atoms with E-state index in [-0.39, 0.29) is 28.1 Å². The standard InChI is InChI=1S/C25H22ClF2NO3S/c26-22-2-1-3-23(28)20(22)15-32-18-7-10-21-16(14-18)4-11-24-25(21,12-13-29-24)33(30,31)19-8-5-17(27)6-9-19/h1-3,5-10,14,24,29H,4,11-13,15H2/t24-,25?/m1/s1. The number of fused-ring (bicyclic) bond motifs is 3. The minimum absolute atomic E-state index is 0.0342. The molecule has 1 aliphatic heterocycles. The molecule has 3 aromatic rings. The van der Waals surface area contributed by atoms with E-state index in [0.29, 0.717) is 31.6 Å². The fraction of sp³-hybridized carbons (Fsp3) is 0.280. The number of benzene rings is 3. The van der Waals surface area contributed by atoms with Crippen molar-refractivity contribution in [2.75, 3.05) is 6.54 Å². The summed E-state index contributed by atoms with van der Waals surface area (Å²) in [5, 5.41) is 3.65. The molecule has 5 rings (SSSR count). The maximum Gasteiger partial charge on any atom is 0.189 e. The molecule has 172 valence electrons. The van der Waals surface area contributed by atoms with Gasteiger partial charge in [0.2, 0.25) is 0 Å². The molecule has 2 aliphatic rings. The number of nitrogens with one attached hydrogen (secondary N) is 1. The highest BCUT2D eigenvalue weighted by atomic mass is 35.5. The van der Waals surface area contributed by atoms with Crippen molar-refractivity contribution in [3.05, 3.63) is 94.0 Å². The summed E-state index contributed by atoms with van der Waals surface area (Å²) < 4.78 is 60.0. The Hall–Kier alpha value is -2.48. The van der Waals surface area contributed by atoms with E-state index in [9.17, 15) is 17.2 Å². The molecule has 0 bridgehead atoms. The van der Waals surface area contributed by atoms with Crippen LogP contribution in [0, 0.1) is 11.6 Å². The molecule has 0 saturated carbocycles. The first-order valence-corrected chi connectivity index (χ1v) is 12.6. The van der Waals surface area contributed by atoms with E-state index in [0.717, 1.165) is 11.1 Å². The highest BCUT2D eigenvalue weighted by Crippen LogP contribution is 2.50. The van der Waals surface area contributed by atoms with Gasteiger partial charge in [0.05, 0.1) is 9.92 Å². The van der Waals surface area contributed by atoms with E-state index in [1.165, 1.54) is 36.4 Å². The zero-order valence-corrected chi connectivity index (χ0v) is 19.2. The first kappa shape index (κ1) is 22.3. The zero-order valence-electron chi connectivity index (χ0n) is 17.7. The summed E-state index contributed by atoms with van der Waals surface area (Å²) in [5.41, 5.74) is 1.90. The Kier molecular flexibility index (Phi) is 5.67. The van der Waals surface area contributed by atoms with Crippen molar-refractivity contribution in [2.45, 2.75) is 41.6 Å². The zero-order chi connectivity index (χ0) is 23.2. The van der Waals surface area contributed by atoms with Crippen molar-refractivity contribution in [2.24, 2.45) is 0 Å². The smallest absolute Gasteiger partial charge is 0.189 e. The number of halogens is 3. The van der Waals surface area contributed by atoms with Crippen molar-refractivity contribution < 1.29 is 21.9 Å². The molecule has 0 amide bonds. The van der Waals surface area contributed by atoms with Gasteiger partial charge in [0, 0.05) is 11.6 Å². The van der Waals surface area contributed by atoms with Crippen LogP contribution in [-0.2, 0) is 27.6 Å². The second-order valence-electron chi connectivity index (χ2n) is 8.45. The Morgan fingerprint density at radius 3 is 2.64 bits per heavy atom. The van der Waals surface area contributed by atoms with Crippen LogP contribution in [0.2, 0.25) is 5.02 Å². The van der Waals surface area contributed by atoms with Crippen molar-refractivity contribution in [1.29, 1.82) is 0 Å². The first-order chi connectivity index (χ1) is 15.8. The fourth-order valence-corrected chi connectivity index (χ4v) is 7.69. The predicted molar refractivity (Wildman–Crippen MR) is 122 cm³/mol. The van der Waals surface area contributed by atoms with Gasteiger partial charge in [-0.1, -0.05) is 23.7 Å². The van der Waals surface area contributed by atoms with Crippen LogP contribution in [0.5, 0.6) is 5.75 Å². The average Bonchev–Trinajstić information content (AvgIpc) is 3.25. The molecule has 2 atom stereocenters. The monoisotopic (exact) mass is 489 g/mol. The van der Waals surface area contributed by atoms with Gasteiger partial charge in [-0.25, -0.2) is 17.2 Å². The maximum atomic E-state index is 14.1. The number of hydrogen-bond donors (Lipinski definition) is 1. The molecule has 1 N–H and O–H groups in total. The van der Waals surface area contributed by atoms with Gasteiger partial charge in [-0.3, -0.25) is 0 Å². The molecule has 4 nitrogen and oxygen atoms in total. The van der Waals surface area contributed by atoms with Crippen LogP contribution in [0.4, 0.5) is 8.78 Å². The molecule has 1 fully saturated rings. The van der Waals surface area contributed by atoms with Gasteiger partial charge < -0.3 is 10.1 Å². The molecule has 0 spiro atoms. The normalized spacial score (nSPS) is 22.0. The van der Waals surface area contributed by atoms with E-state index >= 15 is 0 Å². The van der Waals surface area contributed by atoms with Crippen molar-refractivity contribution in [3.63, 3.8) is 0 Å². The van der Waals surface area contributed by atoms with Gasteiger partial charge in [0.15, 0.2) is 9.84 Å². The lowest BCUT2D eigenvalue weighted by Gasteiger charge is -2.40. The Morgan fingerprint density at radius 2 is 1.88 bits per heavy atom. The largest absolute Gasteiger partial charge is 0.489 e. The third-order valence-corrected chi connectivity index (χ3v) is 9.65. The molecule has 1 unspecified atom stereocenters. The third kappa shape index (κ3) is 3.63. The summed E-state index contributed by atoms with van der Waals surface area (Å²) >= 11 is 6.09. The predicted octanol–water partition coefficient (Wildman–Crippen LogP) is 5.17. The summed E-state index contributed by atoms with van der Waals surface area (Å²) in [6.45, 7) is 0.544. The quantitative estimate of drug-likeness (QED) is 0.502. The van der Waals surface area contributed by atoms with Gasteiger partial charge in [-0.05, 0) is 85.5 Å². The average molecular weight is 490 g/mol. The summed E-state index contributed by atoms with van der Waals surface area (Å²) in [4.78, 5) is 0.111. The Bertz CT molecular complexity index is 1290. The summed E-state index contributed by atoms with van der Waals surface area (Å²) in [6, 6.07) is 14.6. The van der Waals surface area contributed by atoms with Crippen LogP contribution in [-0.4, -0.2) is 21.0 Å². The lowest BCUT2D eigenvalue weighted by atomic mass is 9.79. The Labute approximate surface area is 196 Å². The van der Waals surface area contributed by atoms with Gasteiger partial charge in [-0.2, -0.15) is 0 Å². The Balaban J connectivity index is 1.51. The van der Waals surface area contributed by atoms with Gasteiger partial charge in [-0.15, -0.1) is 0 Å². The van der Waals surface area contributed by atoms with Crippen LogP contribution in [0.25, 0.3) is 0 Å². The molecular weight excluding hydrogens is 468 g/mol. The second-order valence-corrected chi connectivity index (χ2v) is 11.1. The van der Waals surface area contributed by atoms with Crippen LogP contribution < -0.4 is 10.1 Å². The second kappa shape index (κ2) is 8.38. The van der Waals surface area contributed by atoms with Crippen LogP contribution in [0.1, 0.15) is 29.5 Å². The topological polar surface area (TPSA) is 55.4 Å². The minimum Gasteiger partial charge on any atom is -0.489 e. The maximum absolute atomic E-state index is 14.1. The lowest BCUT2D eigenvalue weighted by Crippen LogP contribution is -2.49. The number of ether oxygens (including phenoxy) is 1. The van der Waals surface area contributed by atoms with Crippen LogP contribution in [0.15, 0.2) is 65.6 Å². The van der Waals surface area contributed by atoms with Gasteiger partial charge >= 0.3 is 0 Å². The van der Waals surface area contributed by atoms with E-state index in [2.05, 4.69) is 5.32 Å². The number of aryl methyl sites for hydroxylation is 1. The minimum atomic E-state index is -3.81. The van der Waals surface area contributed by atoms with Crippen molar-refractivity contribution in [1.82, 2.24) is 5.32 Å². The molecule has 1 saturated heterocycles. The number of sulfone groups is 1. The van der Waals surface area contributed by atoms with E-state index in [1.54, 1.807) is 18.2 Å². The molecule has 3 aromatic carbocycles. The number of rotatable bonds is 5. The van der Waals surface area contributed by atoms with Crippen molar-refractivity contribution >= 4 is 21.4 Å². The fourth-order valence-electron chi connectivity index (χ4n) is 5.12. The van der Waals surface area contributed by atoms with E-state index in [4.69, 9.17) is 16.3 Å². The molecule has 0 radical (unpaired) electrons. The van der Waals surface area contributed by atoms with Crippen molar-refractivity contribution in [3.8, 4) is 5.75 Å². The molecular formula is C25H22ClF2NO3S. The van der Waals surface area contributed by atoms with Gasteiger partial charge in [0.1, 0.15) is 28.7 Å². The highest BCUT2D eigenvalue weighted by Gasteiger charge is 2.57. The molecule has 1 heterocycles. The molecule has 0 aromatic heterocycles. The molecule has 33 heavy (non-hydrogen) atoms. The summed E-state index contributed by atoms with van der Waals surface area (Å²) in [5.74, 6) is -0.398. The SMILES string of the molecule is O=S(=O)(c1ccc(F)cc1)C12CCN[C@@H]1CCc1cc(OCc3c(F)cccc3Cl)ccc12. The lowest BCUT2D eigenvalue weighted by molar-refractivity contribution is 0.299. The summed E-state index contributed by atoms with van der Waals surface area (Å²) in [6.07, 6.45) is 1.76. The van der Waals surface area contributed by atoms with Gasteiger partial charge in [0.25, 0.3) is 0 Å². The Morgan fingerprint density at radius 1 is 1.09 bits per heavy atom. The molecule has 8 heteroatoms.